The summed E-state index contributed by atoms with van der Waals surface area (Å²) in [6, 6.07) is 25.6. The second-order valence-corrected chi connectivity index (χ2v) is 8.26. The van der Waals surface area contributed by atoms with Gasteiger partial charge in [0.05, 0.1) is 12.4 Å². The number of hydrogen-bond acceptors (Lipinski definition) is 5. The number of benzene rings is 3. The summed E-state index contributed by atoms with van der Waals surface area (Å²) in [5, 5.41) is 12.4. The van der Waals surface area contributed by atoms with E-state index in [0.29, 0.717) is 11.8 Å². The van der Waals surface area contributed by atoms with Crippen molar-refractivity contribution in [2.75, 3.05) is 17.7 Å². The standard InChI is InChI=1S/C26H26N4O2S/c1-3-19-10-14-22(15-11-19)30-25(20-8-6-5-7-9-20)28-29-26(30)33-18-24(31)27-21-12-16-23(17-13-21)32-4-2/h5-17H,3-4,18H2,1-2H3,(H,27,31). The van der Waals surface area contributed by atoms with E-state index < -0.39 is 0 Å². The number of hydrogen-bond donors (Lipinski definition) is 1. The lowest BCUT2D eigenvalue weighted by Gasteiger charge is -2.11. The van der Waals surface area contributed by atoms with Crippen LogP contribution in [0.4, 0.5) is 5.69 Å². The molecule has 0 spiro atoms. The molecule has 1 aromatic heterocycles. The highest BCUT2D eigenvalue weighted by molar-refractivity contribution is 7.99. The Morgan fingerprint density at radius 2 is 1.67 bits per heavy atom. The first kappa shape index (κ1) is 22.6. The molecule has 168 valence electrons. The van der Waals surface area contributed by atoms with E-state index in [0.717, 1.165) is 34.9 Å². The molecule has 0 aliphatic heterocycles. The summed E-state index contributed by atoms with van der Waals surface area (Å²) in [7, 11) is 0. The van der Waals surface area contributed by atoms with Gasteiger partial charge in [-0.05, 0) is 55.3 Å². The van der Waals surface area contributed by atoms with Crippen molar-refractivity contribution >= 4 is 23.4 Å². The molecule has 4 aromatic rings. The van der Waals surface area contributed by atoms with E-state index in [9.17, 15) is 4.79 Å². The number of thioether (sulfide) groups is 1. The molecule has 1 amide bonds. The minimum Gasteiger partial charge on any atom is -0.494 e. The predicted octanol–water partition coefficient (Wildman–Crippen LogP) is 5.63. The van der Waals surface area contributed by atoms with Crippen LogP contribution >= 0.6 is 11.8 Å². The summed E-state index contributed by atoms with van der Waals surface area (Å²) >= 11 is 1.36. The van der Waals surface area contributed by atoms with Crippen molar-refractivity contribution < 1.29 is 9.53 Å². The largest absolute Gasteiger partial charge is 0.494 e. The molecule has 4 rings (SSSR count). The van der Waals surface area contributed by atoms with Gasteiger partial charge >= 0.3 is 0 Å². The molecular weight excluding hydrogens is 432 g/mol. The van der Waals surface area contributed by atoms with Crippen LogP contribution in [0, 0.1) is 0 Å². The van der Waals surface area contributed by atoms with Crippen molar-refractivity contribution in [1.82, 2.24) is 14.8 Å². The van der Waals surface area contributed by atoms with Gasteiger partial charge in [-0.3, -0.25) is 9.36 Å². The van der Waals surface area contributed by atoms with E-state index in [1.807, 2.05) is 66.1 Å². The Balaban J connectivity index is 1.53. The Bertz CT molecular complexity index is 1190. The summed E-state index contributed by atoms with van der Waals surface area (Å²) in [4.78, 5) is 12.6. The normalized spacial score (nSPS) is 10.7. The predicted molar refractivity (Wildman–Crippen MR) is 133 cm³/mol. The Morgan fingerprint density at radius 1 is 0.939 bits per heavy atom. The molecule has 0 aliphatic carbocycles. The molecule has 0 saturated carbocycles. The number of aryl methyl sites for hydroxylation is 1. The monoisotopic (exact) mass is 458 g/mol. The van der Waals surface area contributed by atoms with Gasteiger partial charge < -0.3 is 10.1 Å². The summed E-state index contributed by atoms with van der Waals surface area (Å²) in [6.07, 6.45) is 0.974. The molecule has 0 fully saturated rings. The molecule has 7 heteroatoms. The molecule has 1 N–H and O–H groups in total. The van der Waals surface area contributed by atoms with Crippen LogP contribution in [0.2, 0.25) is 0 Å². The zero-order valence-corrected chi connectivity index (χ0v) is 19.5. The third-order valence-corrected chi connectivity index (χ3v) is 5.98. The van der Waals surface area contributed by atoms with Gasteiger partial charge in [-0.15, -0.1) is 10.2 Å². The fourth-order valence-electron chi connectivity index (χ4n) is 3.38. The van der Waals surface area contributed by atoms with Crippen LogP contribution in [0.5, 0.6) is 5.75 Å². The Morgan fingerprint density at radius 3 is 2.33 bits per heavy atom. The number of nitrogens with one attached hydrogen (secondary N) is 1. The molecule has 0 radical (unpaired) electrons. The van der Waals surface area contributed by atoms with Crippen molar-refractivity contribution in [3.63, 3.8) is 0 Å². The lowest BCUT2D eigenvalue weighted by atomic mass is 10.1. The van der Waals surface area contributed by atoms with E-state index >= 15 is 0 Å². The maximum Gasteiger partial charge on any atom is 0.234 e. The number of rotatable bonds is 9. The average molecular weight is 459 g/mol. The molecular formula is C26H26N4O2S. The van der Waals surface area contributed by atoms with Gasteiger partial charge in [0.1, 0.15) is 5.75 Å². The van der Waals surface area contributed by atoms with Gasteiger partial charge in [0.15, 0.2) is 11.0 Å². The van der Waals surface area contributed by atoms with Crippen molar-refractivity contribution in [3.8, 4) is 22.8 Å². The number of carbonyl (C=O) groups excluding carboxylic acids is 1. The van der Waals surface area contributed by atoms with Crippen LogP contribution in [-0.2, 0) is 11.2 Å². The van der Waals surface area contributed by atoms with Gasteiger partial charge in [-0.25, -0.2) is 0 Å². The highest BCUT2D eigenvalue weighted by Crippen LogP contribution is 2.28. The van der Waals surface area contributed by atoms with Crippen LogP contribution in [0.1, 0.15) is 19.4 Å². The third-order valence-electron chi connectivity index (χ3n) is 5.05. The topological polar surface area (TPSA) is 69.0 Å². The summed E-state index contributed by atoms with van der Waals surface area (Å²) in [5.74, 6) is 1.63. The molecule has 0 atom stereocenters. The molecule has 1 heterocycles. The lowest BCUT2D eigenvalue weighted by molar-refractivity contribution is -0.113. The van der Waals surface area contributed by atoms with Crippen LogP contribution in [0.3, 0.4) is 0 Å². The molecule has 0 aliphatic rings. The summed E-state index contributed by atoms with van der Waals surface area (Å²) in [6.45, 7) is 4.68. The summed E-state index contributed by atoms with van der Waals surface area (Å²) < 4.78 is 7.45. The van der Waals surface area contributed by atoms with Gasteiger partial charge in [0.25, 0.3) is 0 Å². The first-order valence-corrected chi connectivity index (χ1v) is 11.9. The van der Waals surface area contributed by atoms with Crippen molar-refractivity contribution in [1.29, 1.82) is 0 Å². The molecule has 0 unspecified atom stereocenters. The zero-order valence-electron chi connectivity index (χ0n) is 18.7. The Kier molecular flexibility index (Phi) is 7.42. The fraction of sp³-hybridized carbons (Fsp3) is 0.192. The fourth-order valence-corrected chi connectivity index (χ4v) is 4.13. The number of carbonyl (C=O) groups is 1. The first-order chi connectivity index (χ1) is 16.2. The van der Waals surface area contributed by atoms with Gasteiger partial charge in [0, 0.05) is 16.9 Å². The van der Waals surface area contributed by atoms with Gasteiger partial charge in [-0.2, -0.15) is 0 Å². The average Bonchev–Trinajstić information content (AvgIpc) is 3.29. The number of amides is 1. The second-order valence-electron chi connectivity index (χ2n) is 7.32. The van der Waals surface area contributed by atoms with Crippen LogP contribution in [0.15, 0.2) is 84.0 Å². The van der Waals surface area contributed by atoms with E-state index in [2.05, 4.69) is 46.7 Å². The van der Waals surface area contributed by atoms with Gasteiger partial charge in [-0.1, -0.05) is 61.2 Å². The SMILES string of the molecule is CCOc1ccc(NC(=O)CSc2nnc(-c3ccccc3)n2-c2ccc(CC)cc2)cc1. The van der Waals surface area contributed by atoms with Crippen LogP contribution in [0.25, 0.3) is 17.1 Å². The highest BCUT2D eigenvalue weighted by atomic mass is 32.2. The van der Waals surface area contributed by atoms with E-state index in [-0.39, 0.29) is 11.7 Å². The first-order valence-electron chi connectivity index (χ1n) is 10.9. The van der Waals surface area contributed by atoms with Crippen LogP contribution in [-0.4, -0.2) is 33.0 Å². The molecule has 0 bridgehead atoms. The molecule has 0 saturated heterocycles. The number of anilines is 1. The van der Waals surface area contributed by atoms with E-state index in [1.165, 1.54) is 17.3 Å². The summed E-state index contributed by atoms with van der Waals surface area (Å²) in [5.41, 5.74) is 3.92. The molecule has 6 nitrogen and oxygen atoms in total. The van der Waals surface area contributed by atoms with Crippen molar-refractivity contribution in [3.05, 3.63) is 84.4 Å². The van der Waals surface area contributed by atoms with E-state index in [1.54, 1.807) is 0 Å². The smallest absolute Gasteiger partial charge is 0.234 e. The maximum absolute atomic E-state index is 12.6. The zero-order chi connectivity index (χ0) is 23.0. The second kappa shape index (κ2) is 10.8. The number of ether oxygens (including phenoxy) is 1. The van der Waals surface area contributed by atoms with E-state index in [4.69, 9.17) is 4.74 Å². The lowest BCUT2D eigenvalue weighted by Crippen LogP contribution is -2.14. The van der Waals surface area contributed by atoms with Crippen molar-refractivity contribution in [2.45, 2.75) is 25.4 Å². The number of aromatic nitrogens is 3. The highest BCUT2D eigenvalue weighted by Gasteiger charge is 2.17. The molecule has 33 heavy (non-hydrogen) atoms. The number of nitrogens with zero attached hydrogens (tertiary/aromatic N) is 3. The molecule has 3 aromatic carbocycles. The van der Waals surface area contributed by atoms with Crippen LogP contribution < -0.4 is 10.1 Å². The third kappa shape index (κ3) is 5.62. The van der Waals surface area contributed by atoms with Gasteiger partial charge in [0.2, 0.25) is 5.91 Å². The minimum absolute atomic E-state index is 0.110. The quantitative estimate of drug-likeness (QED) is 0.329. The Hall–Kier alpha value is -3.58. The van der Waals surface area contributed by atoms with Crippen molar-refractivity contribution in [2.24, 2.45) is 0 Å². The Labute approximate surface area is 198 Å². The minimum atomic E-state index is -0.110. The maximum atomic E-state index is 12.6.